The third-order valence-corrected chi connectivity index (χ3v) is 4.24. The first-order chi connectivity index (χ1) is 9.47. The molecule has 20 heavy (non-hydrogen) atoms. The molecule has 0 aromatic heterocycles. The van der Waals surface area contributed by atoms with Crippen LogP contribution in [-0.2, 0) is 4.79 Å². The largest absolute Gasteiger partial charge is 0.491 e. The third kappa shape index (κ3) is 3.12. The Morgan fingerprint density at radius 3 is 2.50 bits per heavy atom. The van der Waals surface area contributed by atoms with E-state index in [-0.39, 0.29) is 12.5 Å². The van der Waals surface area contributed by atoms with E-state index in [2.05, 4.69) is 13.8 Å². The Balaban J connectivity index is 1.98. The number of hydrogen-bond acceptors (Lipinski definition) is 3. The molecule has 0 radical (unpaired) electrons. The molecule has 4 nitrogen and oxygen atoms in total. The van der Waals surface area contributed by atoms with Crippen LogP contribution in [0.3, 0.4) is 0 Å². The van der Waals surface area contributed by atoms with Crippen molar-refractivity contribution in [3.8, 4) is 5.75 Å². The number of ether oxygens (including phenoxy) is 1. The fraction of sp³-hybridized carbons (Fsp3) is 0.562. The zero-order chi connectivity index (χ0) is 14.8. The van der Waals surface area contributed by atoms with Gasteiger partial charge < -0.3 is 15.6 Å². The SMILES string of the molecule is CCC(C)c1ccc(OCC(N)(C(=O)O)C2CC2)cc1. The molecule has 1 aliphatic carbocycles. The van der Waals surface area contributed by atoms with E-state index in [1.165, 1.54) is 5.56 Å². The minimum atomic E-state index is -1.25. The van der Waals surface area contributed by atoms with Crippen molar-refractivity contribution in [1.82, 2.24) is 0 Å². The van der Waals surface area contributed by atoms with Crippen molar-refractivity contribution in [1.29, 1.82) is 0 Å². The summed E-state index contributed by atoms with van der Waals surface area (Å²) < 4.78 is 5.60. The van der Waals surface area contributed by atoms with Crippen molar-refractivity contribution in [2.45, 2.75) is 44.6 Å². The molecular formula is C16H23NO3. The quantitative estimate of drug-likeness (QED) is 0.803. The first-order valence-electron chi connectivity index (χ1n) is 7.22. The Hall–Kier alpha value is -1.55. The zero-order valence-electron chi connectivity index (χ0n) is 12.1. The van der Waals surface area contributed by atoms with Gasteiger partial charge in [0.05, 0.1) is 0 Å². The third-order valence-electron chi connectivity index (χ3n) is 4.24. The number of carboxylic acids is 1. The van der Waals surface area contributed by atoms with E-state index in [0.29, 0.717) is 11.7 Å². The highest BCUT2D eigenvalue weighted by molar-refractivity contribution is 5.79. The second-order valence-electron chi connectivity index (χ2n) is 5.79. The highest BCUT2D eigenvalue weighted by Crippen LogP contribution is 2.38. The number of benzene rings is 1. The van der Waals surface area contributed by atoms with Crippen molar-refractivity contribution in [3.05, 3.63) is 29.8 Å². The maximum absolute atomic E-state index is 11.3. The van der Waals surface area contributed by atoms with Crippen LogP contribution in [0.15, 0.2) is 24.3 Å². The summed E-state index contributed by atoms with van der Waals surface area (Å²) in [6.45, 7) is 4.36. The molecule has 4 heteroatoms. The van der Waals surface area contributed by atoms with E-state index in [0.717, 1.165) is 19.3 Å². The van der Waals surface area contributed by atoms with Crippen LogP contribution < -0.4 is 10.5 Å². The van der Waals surface area contributed by atoms with E-state index in [1.54, 1.807) is 0 Å². The van der Waals surface area contributed by atoms with E-state index in [1.807, 2.05) is 24.3 Å². The lowest BCUT2D eigenvalue weighted by Gasteiger charge is -2.24. The van der Waals surface area contributed by atoms with Crippen LogP contribution >= 0.6 is 0 Å². The second kappa shape index (κ2) is 5.83. The zero-order valence-corrected chi connectivity index (χ0v) is 12.1. The standard InChI is InChI=1S/C16H23NO3/c1-3-11(2)12-4-8-14(9-5-12)20-10-16(17,15(18)19)13-6-7-13/h4-5,8-9,11,13H,3,6-7,10,17H2,1-2H3,(H,18,19). The van der Waals surface area contributed by atoms with Crippen LogP contribution in [0, 0.1) is 5.92 Å². The highest BCUT2D eigenvalue weighted by Gasteiger charge is 2.49. The maximum Gasteiger partial charge on any atom is 0.327 e. The van der Waals surface area contributed by atoms with Crippen LogP contribution in [0.1, 0.15) is 44.6 Å². The smallest absolute Gasteiger partial charge is 0.327 e. The first-order valence-corrected chi connectivity index (χ1v) is 7.22. The predicted molar refractivity (Wildman–Crippen MR) is 77.9 cm³/mol. The molecule has 1 fully saturated rings. The Labute approximate surface area is 119 Å². The number of carbonyl (C=O) groups is 1. The summed E-state index contributed by atoms with van der Waals surface area (Å²) in [4.78, 5) is 11.3. The molecule has 1 aromatic rings. The number of nitrogens with two attached hydrogens (primary N) is 1. The van der Waals surface area contributed by atoms with Gasteiger partial charge in [-0.2, -0.15) is 0 Å². The van der Waals surface area contributed by atoms with Gasteiger partial charge in [-0.1, -0.05) is 26.0 Å². The second-order valence-corrected chi connectivity index (χ2v) is 5.79. The molecular weight excluding hydrogens is 254 g/mol. The van der Waals surface area contributed by atoms with Crippen molar-refractivity contribution in [2.24, 2.45) is 11.7 Å². The van der Waals surface area contributed by atoms with Gasteiger partial charge in [-0.25, -0.2) is 0 Å². The molecule has 1 aromatic carbocycles. The Kier molecular flexibility index (Phi) is 4.33. The van der Waals surface area contributed by atoms with Crippen molar-refractivity contribution in [2.75, 3.05) is 6.61 Å². The summed E-state index contributed by atoms with van der Waals surface area (Å²) in [5, 5.41) is 9.26. The van der Waals surface area contributed by atoms with Crippen LogP contribution in [0.25, 0.3) is 0 Å². The lowest BCUT2D eigenvalue weighted by molar-refractivity contribution is -0.145. The summed E-state index contributed by atoms with van der Waals surface area (Å²) >= 11 is 0. The molecule has 0 spiro atoms. The molecule has 1 saturated carbocycles. The van der Waals surface area contributed by atoms with Crippen molar-refractivity contribution >= 4 is 5.97 Å². The van der Waals surface area contributed by atoms with Gasteiger partial charge in [0.25, 0.3) is 0 Å². The molecule has 0 bridgehead atoms. The van der Waals surface area contributed by atoms with Crippen LogP contribution in [0.5, 0.6) is 5.75 Å². The summed E-state index contributed by atoms with van der Waals surface area (Å²) in [5.74, 6) is 0.257. The van der Waals surface area contributed by atoms with Crippen molar-refractivity contribution in [3.63, 3.8) is 0 Å². The summed E-state index contributed by atoms with van der Waals surface area (Å²) in [7, 11) is 0. The molecule has 1 aliphatic rings. The Morgan fingerprint density at radius 2 is 2.05 bits per heavy atom. The minimum Gasteiger partial charge on any atom is -0.491 e. The van der Waals surface area contributed by atoms with Gasteiger partial charge in [0.2, 0.25) is 0 Å². The molecule has 2 unspecified atom stereocenters. The van der Waals surface area contributed by atoms with E-state index in [4.69, 9.17) is 10.5 Å². The summed E-state index contributed by atoms with van der Waals surface area (Å²) in [5.41, 5.74) is 5.98. The molecule has 0 heterocycles. The normalized spacial score (nSPS) is 19.1. The van der Waals surface area contributed by atoms with Gasteiger partial charge in [0.15, 0.2) is 5.54 Å². The average Bonchev–Trinajstić information content (AvgIpc) is 3.29. The first kappa shape index (κ1) is 14.9. The lowest BCUT2D eigenvalue weighted by Crippen LogP contribution is -2.54. The van der Waals surface area contributed by atoms with Crippen LogP contribution in [0.4, 0.5) is 0 Å². The van der Waals surface area contributed by atoms with E-state index >= 15 is 0 Å². The molecule has 2 rings (SSSR count). The number of hydrogen-bond donors (Lipinski definition) is 2. The van der Waals surface area contributed by atoms with Gasteiger partial charge in [0, 0.05) is 0 Å². The number of carboxylic acid groups (broad SMARTS) is 1. The topological polar surface area (TPSA) is 72.5 Å². The maximum atomic E-state index is 11.3. The van der Waals surface area contributed by atoms with Gasteiger partial charge >= 0.3 is 5.97 Å². The minimum absolute atomic E-state index is 0.0235. The molecule has 110 valence electrons. The Bertz CT molecular complexity index is 467. The van der Waals surface area contributed by atoms with E-state index < -0.39 is 11.5 Å². The lowest BCUT2D eigenvalue weighted by atomic mass is 9.96. The molecule has 0 aliphatic heterocycles. The molecule has 3 N–H and O–H groups in total. The van der Waals surface area contributed by atoms with Gasteiger partial charge in [-0.15, -0.1) is 0 Å². The monoisotopic (exact) mass is 277 g/mol. The predicted octanol–water partition coefficient (Wildman–Crippen LogP) is 2.77. The number of aliphatic carboxylic acids is 1. The van der Waals surface area contributed by atoms with E-state index in [9.17, 15) is 9.90 Å². The average molecular weight is 277 g/mol. The van der Waals surface area contributed by atoms with Gasteiger partial charge in [-0.3, -0.25) is 4.79 Å². The van der Waals surface area contributed by atoms with Crippen LogP contribution in [-0.4, -0.2) is 23.2 Å². The van der Waals surface area contributed by atoms with Crippen LogP contribution in [0.2, 0.25) is 0 Å². The highest BCUT2D eigenvalue weighted by atomic mass is 16.5. The van der Waals surface area contributed by atoms with Gasteiger partial charge in [0.1, 0.15) is 12.4 Å². The Morgan fingerprint density at radius 1 is 1.45 bits per heavy atom. The molecule has 0 amide bonds. The fourth-order valence-electron chi connectivity index (χ4n) is 2.28. The summed E-state index contributed by atoms with van der Waals surface area (Å²) in [6.07, 6.45) is 2.84. The number of rotatable bonds is 7. The van der Waals surface area contributed by atoms with Gasteiger partial charge in [-0.05, 0) is 48.8 Å². The molecule has 2 atom stereocenters. The molecule has 0 saturated heterocycles. The summed E-state index contributed by atoms with van der Waals surface area (Å²) in [6, 6.07) is 7.83. The van der Waals surface area contributed by atoms with Crippen molar-refractivity contribution < 1.29 is 14.6 Å². The fourth-order valence-corrected chi connectivity index (χ4v) is 2.28.